The number of esters is 1. The highest BCUT2D eigenvalue weighted by atomic mass is 35.5. The number of benzene rings is 1. The van der Waals surface area contributed by atoms with Crippen LogP contribution in [0.1, 0.15) is 26.5 Å². The van der Waals surface area contributed by atoms with Crippen LogP contribution >= 0.6 is 22.9 Å². The number of amides is 1. The molecule has 0 aliphatic heterocycles. The molecule has 0 unspecified atom stereocenters. The predicted molar refractivity (Wildman–Crippen MR) is 102 cm³/mol. The van der Waals surface area contributed by atoms with Gasteiger partial charge in [0.05, 0.1) is 17.8 Å². The standard InChI is InChI=1S/C18H16ClN3O3S/c1-10-14(19)15(21-22(10)2)16(23)20-17-13(18(24)25-3)12(9-26-17)11-7-5-4-6-8-11/h4-9H,1-3H3,(H,20,23). The highest BCUT2D eigenvalue weighted by molar-refractivity contribution is 7.15. The van der Waals surface area contributed by atoms with Crippen LogP contribution in [0.15, 0.2) is 35.7 Å². The van der Waals surface area contributed by atoms with E-state index in [1.165, 1.54) is 23.1 Å². The van der Waals surface area contributed by atoms with Gasteiger partial charge in [-0.05, 0) is 12.5 Å². The lowest BCUT2D eigenvalue weighted by atomic mass is 10.0. The third-order valence-corrected chi connectivity index (χ3v) is 5.32. The molecule has 134 valence electrons. The summed E-state index contributed by atoms with van der Waals surface area (Å²) in [4.78, 5) is 24.9. The third kappa shape index (κ3) is 3.23. The zero-order valence-electron chi connectivity index (χ0n) is 14.4. The monoisotopic (exact) mass is 389 g/mol. The number of anilines is 1. The zero-order valence-corrected chi connectivity index (χ0v) is 15.9. The van der Waals surface area contributed by atoms with E-state index in [0.29, 0.717) is 21.8 Å². The minimum absolute atomic E-state index is 0.108. The summed E-state index contributed by atoms with van der Waals surface area (Å²) in [7, 11) is 3.01. The van der Waals surface area contributed by atoms with E-state index >= 15 is 0 Å². The molecule has 0 spiro atoms. The number of nitrogens with zero attached hydrogens (tertiary/aromatic N) is 2. The van der Waals surface area contributed by atoms with Crippen molar-refractivity contribution >= 4 is 39.8 Å². The van der Waals surface area contributed by atoms with E-state index in [9.17, 15) is 9.59 Å². The van der Waals surface area contributed by atoms with Crippen LogP contribution in [-0.2, 0) is 11.8 Å². The van der Waals surface area contributed by atoms with Gasteiger partial charge in [-0.2, -0.15) is 5.10 Å². The molecule has 2 aromatic heterocycles. The van der Waals surface area contributed by atoms with Gasteiger partial charge >= 0.3 is 5.97 Å². The molecule has 0 fully saturated rings. The minimum Gasteiger partial charge on any atom is -0.465 e. The normalized spacial score (nSPS) is 10.6. The first-order valence-corrected chi connectivity index (χ1v) is 8.95. The van der Waals surface area contributed by atoms with Gasteiger partial charge in [0.25, 0.3) is 5.91 Å². The van der Waals surface area contributed by atoms with Gasteiger partial charge in [0.15, 0.2) is 5.69 Å². The number of hydrogen-bond donors (Lipinski definition) is 1. The molecular formula is C18H16ClN3O3S. The van der Waals surface area contributed by atoms with E-state index in [0.717, 1.165) is 5.56 Å². The fourth-order valence-corrected chi connectivity index (χ4v) is 3.67. The van der Waals surface area contributed by atoms with Gasteiger partial charge < -0.3 is 10.1 Å². The van der Waals surface area contributed by atoms with Crippen molar-refractivity contribution in [2.24, 2.45) is 7.05 Å². The molecule has 0 saturated heterocycles. The summed E-state index contributed by atoms with van der Waals surface area (Å²) in [5.41, 5.74) is 2.65. The van der Waals surface area contributed by atoms with E-state index in [-0.39, 0.29) is 10.7 Å². The fourth-order valence-electron chi connectivity index (χ4n) is 2.47. The van der Waals surface area contributed by atoms with Crippen LogP contribution in [0.3, 0.4) is 0 Å². The van der Waals surface area contributed by atoms with E-state index in [1.807, 2.05) is 35.7 Å². The number of thiophene rings is 1. The number of halogens is 1. The predicted octanol–water partition coefficient (Wildman–Crippen LogP) is 4.15. The summed E-state index contributed by atoms with van der Waals surface area (Å²) in [6, 6.07) is 9.42. The molecular weight excluding hydrogens is 374 g/mol. The van der Waals surface area contributed by atoms with Gasteiger partial charge in [0, 0.05) is 18.0 Å². The van der Waals surface area contributed by atoms with Crippen molar-refractivity contribution in [2.75, 3.05) is 12.4 Å². The highest BCUT2D eigenvalue weighted by Crippen LogP contribution is 2.36. The Bertz CT molecular complexity index is 979. The minimum atomic E-state index is -0.524. The summed E-state index contributed by atoms with van der Waals surface area (Å²) in [6.45, 7) is 1.77. The number of aryl methyl sites for hydroxylation is 1. The molecule has 1 amide bonds. The highest BCUT2D eigenvalue weighted by Gasteiger charge is 2.25. The van der Waals surface area contributed by atoms with Crippen LogP contribution in [0.2, 0.25) is 5.02 Å². The average Bonchev–Trinajstić information content (AvgIpc) is 3.18. The second kappa shape index (κ2) is 7.31. The van der Waals surface area contributed by atoms with Crippen molar-refractivity contribution in [2.45, 2.75) is 6.92 Å². The van der Waals surface area contributed by atoms with Gasteiger partial charge in [-0.25, -0.2) is 4.79 Å². The van der Waals surface area contributed by atoms with Gasteiger partial charge in [-0.15, -0.1) is 11.3 Å². The van der Waals surface area contributed by atoms with Crippen molar-refractivity contribution in [1.29, 1.82) is 0 Å². The quantitative estimate of drug-likeness (QED) is 0.680. The SMILES string of the molecule is COC(=O)c1c(-c2ccccc2)csc1NC(=O)c1nn(C)c(C)c1Cl. The maximum Gasteiger partial charge on any atom is 0.341 e. The Morgan fingerprint density at radius 3 is 2.54 bits per heavy atom. The third-order valence-electron chi connectivity index (χ3n) is 3.97. The first-order valence-electron chi connectivity index (χ1n) is 7.69. The Kier molecular flexibility index (Phi) is 5.11. The number of nitrogens with one attached hydrogen (secondary N) is 1. The van der Waals surface area contributed by atoms with Crippen LogP contribution in [-0.4, -0.2) is 28.8 Å². The number of ether oxygens (including phenoxy) is 1. The number of rotatable bonds is 4. The van der Waals surface area contributed by atoms with E-state index in [1.54, 1.807) is 14.0 Å². The molecule has 8 heteroatoms. The lowest BCUT2D eigenvalue weighted by molar-refractivity contribution is 0.0603. The molecule has 6 nitrogen and oxygen atoms in total. The summed E-state index contributed by atoms with van der Waals surface area (Å²) < 4.78 is 6.43. The molecule has 0 aliphatic rings. The number of aromatic nitrogens is 2. The van der Waals surface area contributed by atoms with Crippen molar-refractivity contribution in [1.82, 2.24) is 9.78 Å². The maximum absolute atomic E-state index is 12.6. The topological polar surface area (TPSA) is 73.2 Å². The molecule has 0 aliphatic carbocycles. The van der Waals surface area contributed by atoms with E-state index in [4.69, 9.17) is 16.3 Å². The Morgan fingerprint density at radius 2 is 1.96 bits per heavy atom. The number of methoxy groups -OCH3 is 1. The van der Waals surface area contributed by atoms with Crippen LogP contribution < -0.4 is 5.32 Å². The van der Waals surface area contributed by atoms with Gasteiger partial charge in [0.2, 0.25) is 0 Å². The molecule has 3 aromatic rings. The number of carbonyl (C=O) groups excluding carboxylic acids is 2. The van der Waals surface area contributed by atoms with Crippen molar-refractivity contribution in [3.63, 3.8) is 0 Å². The second-order valence-electron chi connectivity index (χ2n) is 5.54. The second-order valence-corrected chi connectivity index (χ2v) is 6.79. The molecule has 0 radical (unpaired) electrons. The summed E-state index contributed by atoms with van der Waals surface area (Å²) in [5.74, 6) is -1.01. The van der Waals surface area contributed by atoms with Gasteiger partial charge in [-0.3, -0.25) is 9.48 Å². The molecule has 0 bridgehead atoms. The molecule has 2 heterocycles. The van der Waals surface area contributed by atoms with E-state index < -0.39 is 11.9 Å². The van der Waals surface area contributed by atoms with Crippen molar-refractivity contribution < 1.29 is 14.3 Å². The number of hydrogen-bond acceptors (Lipinski definition) is 5. The lowest BCUT2D eigenvalue weighted by Crippen LogP contribution is -2.15. The summed E-state index contributed by atoms with van der Waals surface area (Å²) in [6.07, 6.45) is 0. The lowest BCUT2D eigenvalue weighted by Gasteiger charge is -2.07. The van der Waals surface area contributed by atoms with Crippen LogP contribution in [0, 0.1) is 6.92 Å². The average molecular weight is 390 g/mol. The van der Waals surface area contributed by atoms with Crippen LogP contribution in [0.25, 0.3) is 11.1 Å². The Balaban J connectivity index is 2.00. The molecule has 3 rings (SSSR count). The summed E-state index contributed by atoms with van der Waals surface area (Å²) in [5, 5.41) is 9.34. The van der Waals surface area contributed by atoms with Crippen molar-refractivity contribution in [3.8, 4) is 11.1 Å². The molecule has 1 aromatic carbocycles. The van der Waals surface area contributed by atoms with E-state index in [2.05, 4.69) is 10.4 Å². The Labute approximate surface area is 159 Å². The Hall–Kier alpha value is -2.64. The Morgan fingerprint density at radius 1 is 1.27 bits per heavy atom. The largest absolute Gasteiger partial charge is 0.465 e. The van der Waals surface area contributed by atoms with Crippen molar-refractivity contribution in [3.05, 3.63) is 57.7 Å². The van der Waals surface area contributed by atoms with Gasteiger partial charge in [0.1, 0.15) is 10.6 Å². The molecule has 1 N–H and O–H groups in total. The van der Waals surface area contributed by atoms with Crippen LogP contribution in [0.5, 0.6) is 0 Å². The van der Waals surface area contributed by atoms with Crippen LogP contribution in [0.4, 0.5) is 5.00 Å². The summed E-state index contributed by atoms with van der Waals surface area (Å²) >= 11 is 7.42. The maximum atomic E-state index is 12.6. The first-order chi connectivity index (χ1) is 12.4. The molecule has 0 atom stereocenters. The number of carbonyl (C=O) groups is 2. The molecule has 26 heavy (non-hydrogen) atoms. The fraction of sp³-hybridized carbons (Fsp3) is 0.167. The first kappa shape index (κ1) is 18.2. The van der Waals surface area contributed by atoms with Gasteiger partial charge in [-0.1, -0.05) is 41.9 Å². The molecule has 0 saturated carbocycles. The smallest absolute Gasteiger partial charge is 0.341 e. The zero-order chi connectivity index (χ0) is 18.8.